The van der Waals surface area contributed by atoms with E-state index in [9.17, 15) is 22.8 Å². The molecular weight excluding hydrogens is 439 g/mol. The number of benzene rings is 3. The molecule has 3 nitrogen and oxygen atoms in total. The van der Waals surface area contributed by atoms with Gasteiger partial charge in [0.15, 0.2) is 0 Å². The molecule has 3 aromatic carbocycles. The third-order valence-electron chi connectivity index (χ3n) is 6.01. The minimum Gasteiger partial charge on any atom is -0.270 e. The zero-order valence-electron chi connectivity index (χ0n) is 19.1. The van der Waals surface area contributed by atoms with Gasteiger partial charge >= 0.3 is 6.18 Å². The van der Waals surface area contributed by atoms with Crippen molar-refractivity contribution in [1.82, 2.24) is 4.90 Å². The van der Waals surface area contributed by atoms with Gasteiger partial charge in [0.05, 0.1) is 23.6 Å². The molecule has 2 amide bonds. The van der Waals surface area contributed by atoms with E-state index >= 15 is 0 Å². The van der Waals surface area contributed by atoms with Gasteiger partial charge in [0.1, 0.15) is 0 Å². The summed E-state index contributed by atoms with van der Waals surface area (Å²) in [6.45, 7) is 5.49. The predicted octanol–water partition coefficient (Wildman–Crippen LogP) is 6.77. The molecular formula is C28H24F3NO2. The summed E-state index contributed by atoms with van der Waals surface area (Å²) in [7, 11) is 0. The predicted molar refractivity (Wildman–Crippen MR) is 126 cm³/mol. The van der Waals surface area contributed by atoms with Gasteiger partial charge in [-0.25, -0.2) is 0 Å². The minimum absolute atomic E-state index is 0.107. The average Bonchev–Trinajstić information content (AvgIpc) is 2.99. The summed E-state index contributed by atoms with van der Waals surface area (Å²) in [6, 6.07) is 16.9. The molecule has 0 saturated heterocycles. The van der Waals surface area contributed by atoms with Crippen molar-refractivity contribution in [2.75, 3.05) is 0 Å². The summed E-state index contributed by atoms with van der Waals surface area (Å²) in [5.74, 6) is -2.40. The lowest BCUT2D eigenvalue weighted by atomic mass is 9.93. The molecule has 1 atom stereocenters. The van der Waals surface area contributed by atoms with E-state index in [1.165, 1.54) is 17.1 Å². The second-order valence-electron chi connectivity index (χ2n) is 8.73. The van der Waals surface area contributed by atoms with Crippen LogP contribution in [-0.2, 0) is 6.54 Å². The lowest BCUT2D eigenvalue weighted by Gasteiger charge is -2.19. The number of aryl methyl sites for hydroxylation is 3. The van der Waals surface area contributed by atoms with Crippen LogP contribution < -0.4 is 0 Å². The van der Waals surface area contributed by atoms with Gasteiger partial charge in [-0.05, 0) is 55.2 Å². The van der Waals surface area contributed by atoms with Crippen LogP contribution in [0.1, 0.15) is 60.0 Å². The Hall–Kier alpha value is -3.67. The number of carbonyl (C=O) groups is 2. The second-order valence-corrected chi connectivity index (χ2v) is 8.73. The SMILES string of the molecule is Cc1cc(C)cc(C(/C=C/c2ccc(CN3C(=O)c4ccccc4C3=O)c(C)c2)C(F)(F)F)c1. The monoisotopic (exact) mass is 463 g/mol. The Morgan fingerprint density at radius 2 is 1.44 bits per heavy atom. The zero-order chi connectivity index (χ0) is 24.6. The zero-order valence-corrected chi connectivity index (χ0v) is 19.1. The summed E-state index contributed by atoms with van der Waals surface area (Å²) in [6.07, 6.45) is -1.78. The molecule has 0 aromatic heterocycles. The Morgan fingerprint density at radius 1 is 0.853 bits per heavy atom. The molecule has 1 heterocycles. The van der Waals surface area contributed by atoms with Crippen molar-refractivity contribution in [3.8, 4) is 0 Å². The highest BCUT2D eigenvalue weighted by atomic mass is 19.4. The van der Waals surface area contributed by atoms with E-state index in [0.717, 1.165) is 22.3 Å². The Balaban J connectivity index is 1.56. The Labute approximate surface area is 196 Å². The molecule has 3 aromatic rings. The quantitative estimate of drug-likeness (QED) is 0.392. The Bertz CT molecular complexity index is 1250. The highest BCUT2D eigenvalue weighted by Gasteiger charge is 2.39. The van der Waals surface area contributed by atoms with Gasteiger partial charge < -0.3 is 0 Å². The average molecular weight is 463 g/mol. The Morgan fingerprint density at radius 3 is 1.97 bits per heavy atom. The number of imide groups is 1. The van der Waals surface area contributed by atoms with Crippen molar-refractivity contribution >= 4 is 17.9 Å². The maximum atomic E-state index is 13.8. The van der Waals surface area contributed by atoms with Gasteiger partial charge in [-0.15, -0.1) is 0 Å². The van der Waals surface area contributed by atoms with Crippen LogP contribution in [0.2, 0.25) is 0 Å². The number of fused-ring (bicyclic) bond motifs is 1. The van der Waals surface area contributed by atoms with Crippen LogP contribution in [0.4, 0.5) is 13.2 Å². The van der Waals surface area contributed by atoms with Crippen LogP contribution >= 0.6 is 0 Å². The third-order valence-corrected chi connectivity index (χ3v) is 6.01. The smallest absolute Gasteiger partial charge is 0.270 e. The highest BCUT2D eigenvalue weighted by Crippen LogP contribution is 2.37. The number of halogens is 3. The lowest BCUT2D eigenvalue weighted by Crippen LogP contribution is -2.29. The number of amides is 2. The van der Waals surface area contributed by atoms with Crippen molar-refractivity contribution in [3.05, 3.63) is 111 Å². The summed E-state index contributed by atoms with van der Waals surface area (Å²) in [5, 5.41) is 0. The fraction of sp³-hybridized carbons (Fsp3) is 0.214. The molecule has 0 N–H and O–H groups in total. The molecule has 6 heteroatoms. The fourth-order valence-corrected chi connectivity index (χ4v) is 4.36. The van der Waals surface area contributed by atoms with E-state index in [1.807, 2.05) is 13.0 Å². The van der Waals surface area contributed by atoms with Gasteiger partial charge in [0, 0.05) is 0 Å². The van der Waals surface area contributed by atoms with Crippen molar-refractivity contribution in [2.45, 2.75) is 39.4 Å². The number of alkyl halides is 3. The lowest BCUT2D eigenvalue weighted by molar-refractivity contribution is -0.139. The first-order valence-electron chi connectivity index (χ1n) is 10.9. The minimum atomic E-state index is -4.42. The van der Waals surface area contributed by atoms with E-state index in [1.54, 1.807) is 68.4 Å². The van der Waals surface area contributed by atoms with E-state index in [-0.39, 0.29) is 23.9 Å². The first-order chi connectivity index (χ1) is 16.0. The van der Waals surface area contributed by atoms with E-state index in [0.29, 0.717) is 16.7 Å². The molecule has 0 bridgehead atoms. The van der Waals surface area contributed by atoms with Gasteiger partial charge in [-0.3, -0.25) is 14.5 Å². The molecule has 174 valence electrons. The highest BCUT2D eigenvalue weighted by molar-refractivity contribution is 6.21. The number of hydrogen-bond acceptors (Lipinski definition) is 2. The number of allylic oxidation sites excluding steroid dienone is 1. The van der Waals surface area contributed by atoms with E-state index < -0.39 is 12.1 Å². The second kappa shape index (κ2) is 8.93. The van der Waals surface area contributed by atoms with Gasteiger partial charge in [-0.2, -0.15) is 13.2 Å². The van der Waals surface area contributed by atoms with Crippen molar-refractivity contribution in [2.24, 2.45) is 0 Å². The van der Waals surface area contributed by atoms with Crippen LogP contribution in [0, 0.1) is 20.8 Å². The van der Waals surface area contributed by atoms with E-state index in [2.05, 4.69) is 0 Å². The molecule has 1 aliphatic heterocycles. The van der Waals surface area contributed by atoms with Crippen LogP contribution in [0.5, 0.6) is 0 Å². The molecule has 0 radical (unpaired) electrons. The topological polar surface area (TPSA) is 37.4 Å². The number of rotatable bonds is 5. The summed E-state index contributed by atoms with van der Waals surface area (Å²) in [5.41, 5.74) is 4.70. The van der Waals surface area contributed by atoms with Crippen LogP contribution in [0.3, 0.4) is 0 Å². The molecule has 1 unspecified atom stereocenters. The molecule has 0 saturated carbocycles. The molecule has 0 aliphatic carbocycles. The van der Waals surface area contributed by atoms with Crippen molar-refractivity contribution in [3.63, 3.8) is 0 Å². The van der Waals surface area contributed by atoms with Gasteiger partial charge in [-0.1, -0.05) is 71.8 Å². The first-order valence-corrected chi connectivity index (χ1v) is 10.9. The van der Waals surface area contributed by atoms with Crippen LogP contribution in [0.15, 0.2) is 66.7 Å². The standard InChI is InChI=1S/C28H24F3NO2/c1-17-12-18(2)14-22(13-17)25(28(29,30)31)11-9-20-8-10-21(19(3)15-20)16-32-26(33)23-6-4-5-7-24(23)27(32)34/h4-15,25H,16H2,1-3H3/b11-9+. The van der Waals surface area contributed by atoms with Crippen LogP contribution in [-0.4, -0.2) is 22.9 Å². The molecule has 0 fully saturated rings. The summed E-state index contributed by atoms with van der Waals surface area (Å²) in [4.78, 5) is 26.5. The van der Waals surface area contributed by atoms with Crippen LogP contribution in [0.25, 0.3) is 6.08 Å². The number of hydrogen-bond donors (Lipinski definition) is 0. The largest absolute Gasteiger partial charge is 0.399 e. The molecule has 4 rings (SSSR count). The summed E-state index contributed by atoms with van der Waals surface area (Å²) >= 11 is 0. The molecule has 34 heavy (non-hydrogen) atoms. The van der Waals surface area contributed by atoms with Crippen molar-refractivity contribution < 1.29 is 22.8 Å². The number of carbonyl (C=O) groups excluding carboxylic acids is 2. The number of nitrogens with zero attached hydrogens (tertiary/aromatic N) is 1. The normalized spacial score (nSPS) is 14.7. The van der Waals surface area contributed by atoms with Gasteiger partial charge in [0.25, 0.3) is 11.8 Å². The fourth-order valence-electron chi connectivity index (χ4n) is 4.36. The molecule has 0 spiro atoms. The summed E-state index contributed by atoms with van der Waals surface area (Å²) < 4.78 is 41.4. The molecule has 1 aliphatic rings. The third kappa shape index (κ3) is 4.67. The Kier molecular flexibility index (Phi) is 6.17. The first kappa shape index (κ1) is 23.5. The maximum Gasteiger partial charge on any atom is 0.399 e. The maximum absolute atomic E-state index is 13.8. The van der Waals surface area contributed by atoms with Crippen molar-refractivity contribution in [1.29, 1.82) is 0 Å². The van der Waals surface area contributed by atoms with E-state index in [4.69, 9.17) is 0 Å². The van der Waals surface area contributed by atoms with Gasteiger partial charge in [0.2, 0.25) is 0 Å².